The Morgan fingerprint density at radius 2 is 2.00 bits per heavy atom. The zero-order chi connectivity index (χ0) is 10.3. The first-order chi connectivity index (χ1) is 6.47. The van der Waals surface area contributed by atoms with Crippen LogP contribution in [-0.2, 0) is 6.54 Å². The summed E-state index contributed by atoms with van der Waals surface area (Å²) < 4.78 is 2.05. The number of hydrogen-bond acceptors (Lipinski definition) is 2. The zero-order valence-electron chi connectivity index (χ0n) is 8.92. The number of halogens is 1. The van der Waals surface area contributed by atoms with Crippen LogP contribution in [0.4, 0.5) is 0 Å². The Hall–Kier alpha value is -0.570. The van der Waals surface area contributed by atoms with Crippen LogP contribution >= 0.6 is 11.6 Å². The summed E-state index contributed by atoms with van der Waals surface area (Å²) in [6, 6.07) is 0. The molecule has 0 amide bonds. The van der Waals surface area contributed by atoms with Crippen molar-refractivity contribution in [1.29, 1.82) is 0 Å². The lowest BCUT2D eigenvalue weighted by Crippen LogP contribution is -2.17. The number of rotatable bonds is 2. The molecule has 0 aliphatic heterocycles. The van der Waals surface area contributed by atoms with Crippen LogP contribution < -0.4 is 0 Å². The molecule has 1 aromatic heterocycles. The molecular weight excluding hydrogens is 198 g/mol. The van der Waals surface area contributed by atoms with Crippen molar-refractivity contribution in [3.05, 3.63) is 11.1 Å². The second-order valence-corrected chi connectivity index (χ2v) is 5.59. The average molecular weight is 214 g/mol. The summed E-state index contributed by atoms with van der Waals surface area (Å²) in [6.07, 6.45) is 2.47. The highest BCUT2D eigenvalue weighted by Crippen LogP contribution is 2.40. The van der Waals surface area contributed by atoms with Crippen LogP contribution in [0.5, 0.6) is 0 Å². The predicted octanol–water partition coefficient (Wildman–Crippen LogP) is 2.86. The first-order valence-corrected chi connectivity index (χ1v) is 5.44. The third-order valence-corrected chi connectivity index (χ3v) is 2.59. The molecule has 0 aromatic carbocycles. The fourth-order valence-corrected chi connectivity index (χ4v) is 1.74. The van der Waals surface area contributed by atoms with Gasteiger partial charge in [0, 0.05) is 12.5 Å². The van der Waals surface area contributed by atoms with Crippen molar-refractivity contribution in [2.24, 2.45) is 5.41 Å². The molecule has 0 N–H and O–H groups in total. The molecule has 0 unspecified atom stereocenters. The van der Waals surface area contributed by atoms with Crippen molar-refractivity contribution in [2.75, 3.05) is 0 Å². The van der Waals surface area contributed by atoms with Gasteiger partial charge in [-0.3, -0.25) is 0 Å². The van der Waals surface area contributed by atoms with Crippen LogP contribution in [0.2, 0.25) is 5.28 Å². The van der Waals surface area contributed by atoms with Crippen LogP contribution in [-0.4, -0.2) is 14.8 Å². The maximum atomic E-state index is 6.01. The van der Waals surface area contributed by atoms with Gasteiger partial charge in [-0.05, 0) is 29.9 Å². The van der Waals surface area contributed by atoms with Crippen molar-refractivity contribution in [3.63, 3.8) is 0 Å². The molecule has 0 spiro atoms. The van der Waals surface area contributed by atoms with Gasteiger partial charge in [0.05, 0.1) is 0 Å². The summed E-state index contributed by atoms with van der Waals surface area (Å²) >= 11 is 6.01. The van der Waals surface area contributed by atoms with Gasteiger partial charge in [-0.15, -0.1) is 10.2 Å². The van der Waals surface area contributed by atoms with E-state index >= 15 is 0 Å². The Labute approximate surface area is 89.5 Å². The van der Waals surface area contributed by atoms with Gasteiger partial charge in [0.15, 0.2) is 0 Å². The van der Waals surface area contributed by atoms with E-state index in [1.165, 1.54) is 12.8 Å². The standard InChI is InChI=1S/C10H16ClN3/c1-10(2,3)6-14-8(7-4-5-7)12-13-9(14)11/h7H,4-6H2,1-3H3. The van der Waals surface area contributed by atoms with Crippen molar-refractivity contribution in [3.8, 4) is 0 Å². The van der Waals surface area contributed by atoms with E-state index in [-0.39, 0.29) is 5.41 Å². The van der Waals surface area contributed by atoms with Crippen LogP contribution in [0.15, 0.2) is 0 Å². The molecule has 4 heteroatoms. The molecule has 1 saturated carbocycles. The third kappa shape index (κ3) is 2.08. The van der Waals surface area contributed by atoms with E-state index in [0.29, 0.717) is 11.2 Å². The quantitative estimate of drug-likeness (QED) is 0.757. The van der Waals surface area contributed by atoms with Crippen LogP contribution in [0.3, 0.4) is 0 Å². The van der Waals surface area contributed by atoms with Crippen molar-refractivity contribution in [2.45, 2.75) is 46.1 Å². The molecule has 1 aliphatic carbocycles. The second-order valence-electron chi connectivity index (χ2n) is 5.25. The smallest absolute Gasteiger partial charge is 0.225 e. The van der Waals surface area contributed by atoms with Gasteiger partial charge in [-0.1, -0.05) is 20.8 Å². The van der Waals surface area contributed by atoms with E-state index in [0.717, 1.165) is 12.4 Å². The lowest BCUT2D eigenvalue weighted by Gasteiger charge is -2.20. The monoisotopic (exact) mass is 213 g/mol. The number of aromatic nitrogens is 3. The van der Waals surface area contributed by atoms with Gasteiger partial charge in [-0.25, -0.2) is 0 Å². The molecule has 0 saturated heterocycles. The molecule has 2 rings (SSSR count). The summed E-state index contributed by atoms with van der Waals surface area (Å²) in [5.74, 6) is 1.68. The van der Waals surface area contributed by atoms with E-state index in [9.17, 15) is 0 Å². The average Bonchev–Trinajstić information content (AvgIpc) is 2.80. The Kier molecular flexibility index (Phi) is 2.30. The largest absolute Gasteiger partial charge is 0.301 e. The minimum atomic E-state index is 0.218. The molecule has 1 fully saturated rings. The number of nitrogens with zero attached hydrogens (tertiary/aromatic N) is 3. The fourth-order valence-electron chi connectivity index (χ4n) is 1.56. The van der Waals surface area contributed by atoms with Crippen molar-refractivity contribution < 1.29 is 0 Å². The summed E-state index contributed by atoms with van der Waals surface area (Å²) in [6.45, 7) is 7.48. The van der Waals surface area contributed by atoms with Crippen molar-refractivity contribution >= 4 is 11.6 Å². The van der Waals surface area contributed by atoms with Gasteiger partial charge in [0.1, 0.15) is 5.82 Å². The molecule has 14 heavy (non-hydrogen) atoms. The molecule has 1 aromatic rings. The van der Waals surface area contributed by atoms with Crippen LogP contribution in [0.1, 0.15) is 45.4 Å². The zero-order valence-corrected chi connectivity index (χ0v) is 9.67. The summed E-state index contributed by atoms with van der Waals surface area (Å²) in [4.78, 5) is 0. The van der Waals surface area contributed by atoms with Gasteiger partial charge in [0.25, 0.3) is 0 Å². The molecular formula is C10H16ClN3. The highest BCUT2D eigenvalue weighted by atomic mass is 35.5. The van der Waals surface area contributed by atoms with E-state index in [4.69, 9.17) is 11.6 Å². The number of hydrogen-bond donors (Lipinski definition) is 0. The minimum Gasteiger partial charge on any atom is -0.301 e. The topological polar surface area (TPSA) is 30.7 Å². The Balaban J connectivity index is 2.25. The second kappa shape index (κ2) is 3.23. The van der Waals surface area contributed by atoms with E-state index < -0.39 is 0 Å². The van der Waals surface area contributed by atoms with E-state index in [1.807, 2.05) is 0 Å². The maximum absolute atomic E-state index is 6.01. The molecule has 78 valence electrons. The van der Waals surface area contributed by atoms with Gasteiger partial charge >= 0.3 is 0 Å². The first kappa shape index (κ1) is 9.97. The summed E-state index contributed by atoms with van der Waals surface area (Å²) in [7, 11) is 0. The lowest BCUT2D eigenvalue weighted by molar-refractivity contribution is 0.338. The van der Waals surface area contributed by atoms with Gasteiger partial charge < -0.3 is 4.57 Å². The van der Waals surface area contributed by atoms with Gasteiger partial charge in [0.2, 0.25) is 5.28 Å². The first-order valence-electron chi connectivity index (χ1n) is 5.06. The Morgan fingerprint density at radius 3 is 2.50 bits per heavy atom. The third-order valence-electron chi connectivity index (χ3n) is 2.31. The Morgan fingerprint density at radius 1 is 1.36 bits per heavy atom. The normalized spacial score (nSPS) is 17.4. The van der Waals surface area contributed by atoms with Gasteiger partial charge in [-0.2, -0.15) is 0 Å². The highest BCUT2D eigenvalue weighted by Gasteiger charge is 2.31. The van der Waals surface area contributed by atoms with Crippen LogP contribution in [0, 0.1) is 5.41 Å². The molecule has 1 aliphatic rings. The molecule has 0 radical (unpaired) electrons. The van der Waals surface area contributed by atoms with Crippen LogP contribution in [0.25, 0.3) is 0 Å². The van der Waals surface area contributed by atoms with E-state index in [2.05, 4.69) is 35.5 Å². The lowest BCUT2D eigenvalue weighted by atomic mass is 9.97. The maximum Gasteiger partial charge on any atom is 0.225 e. The highest BCUT2D eigenvalue weighted by molar-refractivity contribution is 6.28. The Bertz CT molecular complexity index is 334. The summed E-state index contributed by atoms with van der Waals surface area (Å²) in [5, 5.41) is 8.61. The van der Waals surface area contributed by atoms with E-state index in [1.54, 1.807) is 0 Å². The summed E-state index contributed by atoms with van der Waals surface area (Å²) in [5.41, 5.74) is 0.218. The molecule has 0 atom stereocenters. The minimum absolute atomic E-state index is 0.218. The SMILES string of the molecule is CC(C)(C)Cn1c(Cl)nnc1C1CC1. The molecule has 3 nitrogen and oxygen atoms in total. The fraction of sp³-hybridized carbons (Fsp3) is 0.800. The molecule has 0 bridgehead atoms. The predicted molar refractivity (Wildman–Crippen MR) is 56.5 cm³/mol. The van der Waals surface area contributed by atoms with Crippen molar-refractivity contribution in [1.82, 2.24) is 14.8 Å². The molecule has 1 heterocycles.